The van der Waals surface area contributed by atoms with Crippen molar-refractivity contribution in [3.8, 4) is 0 Å². The highest BCUT2D eigenvalue weighted by Crippen LogP contribution is 2.20. The molecule has 1 N–H and O–H groups in total. The number of imidazole rings is 1. The van der Waals surface area contributed by atoms with Gasteiger partial charge in [0.2, 0.25) is 5.91 Å². The molecule has 1 saturated heterocycles. The van der Waals surface area contributed by atoms with E-state index in [-0.39, 0.29) is 17.3 Å². The number of thioether (sulfide) groups is 1. The first-order valence-electron chi connectivity index (χ1n) is 6.20. The number of hydrogen-bond acceptors (Lipinski definition) is 4. The predicted octanol–water partition coefficient (Wildman–Crippen LogP) is 1.20. The third-order valence-electron chi connectivity index (χ3n) is 2.96. The molecule has 0 aliphatic carbocycles. The normalized spacial score (nSPS) is 20.9. The van der Waals surface area contributed by atoms with Gasteiger partial charge < -0.3 is 14.6 Å². The van der Waals surface area contributed by atoms with Gasteiger partial charge in [-0.05, 0) is 19.8 Å². The summed E-state index contributed by atoms with van der Waals surface area (Å²) in [5, 5.41) is 3.64. The zero-order chi connectivity index (χ0) is 13.0. The van der Waals surface area contributed by atoms with E-state index in [1.54, 1.807) is 6.20 Å². The van der Waals surface area contributed by atoms with Crippen LogP contribution in [-0.2, 0) is 16.6 Å². The van der Waals surface area contributed by atoms with Crippen LogP contribution in [-0.4, -0.2) is 40.0 Å². The standard InChI is InChI=1S/C12H19N3O2S/c1-9(18-12-13-5-6-15(12)2)11(16)14-8-10-4-3-7-17-10/h5-6,9-10H,3-4,7-8H2,1-2H3,(H,14,16). The van der Waals surface area contributed by atoms with Gasteiger partial charge in [0.1, 0.15) is 0 Å². The number of ether oxygens (including phenoxy) is 1. The average Bonchev–Trinajstić information content (AvgIpc) is 2.99. The number of aromatic nitrogens is 2. The number of amides is 1. The third-order valence-corrected chi connectivity index (χ3v) is 4.13. The zero-order valence-corrected chi connectivity index (χ0v) is 11.6. The second-order valence-corrected chi connectivity index (χ2v) is 5.77. The Kier molecular flexibility index (Phi) is 4.66. The lowest BCUT2D eigenvalue weighted by Gasteiger charge is -2.14. The molecule has 1 aliphatic heterocycles. The molecule has 2 rings (SSSR count). The SMILES string of the molecule is CC(Sc1nccn1C)C(=O)NCC1CCCO1. The van der Waals surface area contributed by atoms with E-state index in [0.29, 0.717) is 6.54 Å². The minimum absolute atomic E-state index is 0.0403. The molecule has 1 aliphatic rings. The number of carbonyl (C=O) groups is 1. The zero-order valence-electron chi connectivity index (χ0n) is 10.8. The molecule has 5 nitrogen and oxygen atoms in total. The van der Waals surface area contributed by atoms with Crippen molar-refractivity contribution < 1.29 is 9.53 Å². The van der Waals surface area contributed by atoms with Crippen LogP contribution < -0.4 is 5.32 Å². The van der Waals surface area contributed by atoms with Gasteiger partial charge in [-0.1, -0.05) is 11.8 Å². The minimum Gasteiger partial charge on any atom is -0.376 e. The summed E-state index contributed by atoms with van der Waals surface area (Å²) in [6.07, 6.45) is 5.94. The maximum absolute atomic E-state index is 11.9. The number of rotatable bonds is 5. The Hall–Kier alpha value is -1.01. The van der Waals surface area contributed by atoms with Gasteiger partial charge in [-0.3, -0.25) is 4.79 Å². The first-order valence-corrected chi connectivity index (χ1v) is 7.08. The van der Waals surface area contributed by atoms with Gasteiger partial charge in [-0.15, -0.1) is 0 Å². The van der Waals surface area contributed by atoms with Crippen LogP contribution in [0.3, 0.4) is 0 Å². The molecule has 2 unspecified atom stereocenters. The fourth-order valence-corrected chi connectivity index (χ4v) is 2.70. The largest absolute Gasteiger partial charge is 0.376 e. The summed E-state index contributed by atoms with van der Waals surface area (Å²) in [6, 6.07) is 0. The summed E-state index contributed by atoms with van der Waals surface area (Å²) in [4.78, 5) is 16.1. The van der Waals surface area contributed by atoms with Crippen LogP contribution in [0.5, 0.6) is 0 Å². The number of nitrogens with zero attached hydrogens (tertiary/aromatic N) is 2. The van der Waals surface area contributed by atoms with E-state index in [1.807, 2.05) is 24.7 Å². The lowest BCUT2D eigenvalue weighted by atomic mass is 10.2. The summed E-state index contributed by atoms with van der Waals surface area (Å²) >= 11 is 1.47. The van der Waals surface area contributed by atoms with Crippen molar-refractivity contribution in [3.63, 3.8) is 0 Å². The van der Waals surface area contributed by atoms with Gasteiger partial charge >= 0.3 is 0 Å². The Balaban J connectivity index is 1.76. The summed E-state index contributed by atoms with van der Waals surface area (Å²) in [7, 11) is 1.92. The van der Waals surface area contributed by atoms with Crippen LogP contribution in [0.4, 0.5) is 0 Å². The van der Waals surface area contributed by atoms with Gasteiger partial charge in [0.25, 0.3) is 0 Å². The van der Waals surface area contributed by atoms with Crippen LogP contribution >= 0.6 is 11.8 Å². The van der Waals surface area contributed by atoms with E-state index >= 15 is 0 Å². The molecule has 1 amide bonds. The summed E-state index contributed by atoms with van der Waals surface area (Å²) in [6.45, 7) is 3.33. The second kappa shape index (κ2) is 6.24. The van der Waals surface area contributed by atoms with Gasteiger partial charge in [0.15, 0.2) is 5.16 Å². The van der Waals surface area contributed by atoms with Gasteiger partial charge in [0.05, 0.1) is 11.4 Å². The molecule has 100 valence electrons. The van der Waals surface area contributed by atoms with E-state index in [0.717, 1.165) is 24.6 Å². The van der Waals surface area contributed by atoms with Gasteiger partial charge in [-0.25, -0.2) is 4.98 Å². The number of hydrogen-bond donors (Lipinski definition) is 1. The maximum Gasteiger partial charge on any atom is 0.233 e. The molecule has 6 heteroatoms. The number of aryl methyl sites for hydroxylation is 1. The minimum atomic E-state index is -0.146. The molecule has 0 spiro atoms. The second-order valence-electron chi connectivity index (χ2n) is 4.46. The first-order chi connectivity index (χ1) is 8.66. The molecule has 18 heavy (non-hydrogen) atoms. The highest BCUT2D eigenvalue weighted by Gasteiger charge is 2.20. The Morgan fingerprint density at radius 2 is 2.61 bits per heavy atom. The number of carbonyl (C=O) groups excluding carboxylic acids is 1. The lowest BCUT2D eigenvalue weighted by molar-refractivity contribution is -0.120. The molecular weight excluding hydrogens is 250 g/mol. The lowest BCUT2D eigenvalue weighted by Crippen LogP contribution is -2.36. The van der Waals surface area contributed by atoms with Crippen LogP contribution in [0.2, 0.25) is 0 Å². The molecule has 0 bridgehead atoms. The Bertz CT molecular complexity index is 402. The van der Waals surface area contributed by atoms with Crippen LogP contribution in [0, 0.1) is 0 Å². The Morgan fingerprint density at radius 3 is 3.22 bits per heavy atom. The molecule has 2 heterocycles. The smallest absolute Gasteiger partial charge is 0.233 e. The summed E-state index contributed by atoms with van der Waals surface area (Å²) < 4.78 is 7.38. The molecule has 0 saturated carbocycles. The summed E-state index contributed by atoms with van der Waals surface area (Å²) in [5.41, 5.74) is 0. The van der Waals surface area contributed by atoms with Gasteiger partial charge in [0, 0.05) is 32.6 Å². The number of nitrogens with one attached hydrogen (secondary N) is 1. The topological polar surface area (TPSA) is 56.2 Å². The fourth-order valence-electron chi connectivity index (χ4n) is 1.84. The Labute approximate surface area is 111 Å². The molecule has 1 fully saturated rings. The molecule has 0 aromatic carbocycles. The van der Waals surface area contributed by atoms with Crippen LogP contribution in [0.1, 0.15) is 19.8 Å². The van der Waals surface area contributed by atoms with Gasteiger partial charge in [-0.2, -0.15) is 0 Å². The van der Waals surface area contributed by atoms with Crippen molar-refractivity contribution in [2.45, 2.75) is 36.3 Å². The van der Waals surface area contributed by atoms with Crippen molar-refractivity contribution in [2.24, 2.45) is 7.05 Å². The maximum atomic E-state index is 11.9. The highest BCUT2D eigenvalue weighted by atomic mass is 32.2. The molecule has 0 radical (unpaired) electrons. The molecule has 1 aromatic heterocycles. The van der Waals surface area contributed by atoms with E-state index in [1.165, 1.54) is 11.8 Å². The van der Waals surface area contributed by atoms with Crippen molar-refractivity contribution in [2.75, 3.05) is 13.2 Å². The fraction of sp³-hybridized carbons (Fsp3) is 0.667. The quantitative estimate of drug-likeness (QED) is 0.816. The van der Waals surface area contributed by atoms with Crippen LogP contribution in [0.25, 0.3) is 0 Å². The third kappa shape index (κ3) is 3.49. The van der Waals surface area contributed by atoms with Crippen molar-refractivity contribution >= 4 is 17.7 Å². The first kappa shape index (κ1) is 13.4. The molecule has 1 aromatic rings. The molecular formula is C12H19N3O2S. The van der Waals surface area contributed by atoms with E-state index in [9.17, 15) is 4.79 Å². The summed E-state index contributed by atoms with van der Waals surface area (Å²) in [5.74, 6) is 0.0403. The average molecular weight is 269 g/mol. The van der Waals surface area contributed by atoms with Crippen molar-refractivity contribution in [1.82, 2.24) is 14.9 Å². The van der Waals surface area contributed by atoms with E-state index in [4.69, 9.17) is 4.74 Å². The van der Waals surface area contributed by atoms with Crippen molar-refractivity contribution in [1.29, 1.82) is 0 Å². The monoisotopic (exact) mass is 269 g/mol. The predicted molar refractivity (Wildman–Crippen MR) is 70.5 cm³/mol. The van der Waals surface area contributed by atoms with Crippen LogP contribution in [0.15, 0.2) is 17.6 Å². The van der Waals surface area contributed by atoms with E-state index < -0.39 is 0 Å². The molecule has 2 atom stereocenters. The Morgan fingerprint density at radius 1 is 1.78 bits per heavy atom. The van der Waals surface area contributed by atoms with Crippen molar-refractivity contribution in [3.05, 3.63) is 12.4 Å². The highest BCUT2D eigenvalue weighted by molar-refractivity contribution is 8.00. The van der Waals surface area contributed by atoms with E-state index in [2.05, 4.69) is 10.3 Å².